The first-order valence-corrected chi connectivity index (χ1v) is 6.69. The molecule has 0 atom stereocenters. The molecule has 0 spiro atoms. The molecule has 0 aliphatic carbocycles. The van der Waals surface area contributed by atoms with Crippen LogP contribution in [0.1, 0.15) is 17.1 Å². The molecule has 0 fully saturated rings. The highest BCUT2D eigenvalue weighted by molar-refractivity contribution is 7.98. The fraction of sp³-hybridized carbons (Fsp3) is 0.286. The van der Waals surface area contributed by atoms with Gasteiger partial charge in [0.05, 0.1) is 12.3 Å². The largest absolute Gasteiger partial charge is 0.464 e. The summed E-state index contributed by atoms with van der Waals surface area (Å²) < 4.78 is 5.70. The number of aryl methyl sites for hydroxylation is 1. The molecule has 3 heteroatoms. The molecule has 0 amide bonds. The Hall–Kier alpha value is -1.19. The molecule has 0 radical (unpaired) electrons. The van der Waals surface area contributed by atoms with E-state index in [9.17, 15) is 0 Å². The molecule has 0 bridgehead atoms. The molecule has 90 valence electrons. The lowest BCUT2D eigenvalue weighted by molar-refractivity contribution is 0.469. The van der Waals surface area contributed by atoms with Crippen molar-refractivity contribution in [3.8, 4) is 0 Å². The monoisotopic (exact) mass is 247 g/mol. The number of furan rings is 1. The number of benzene rings is 1. The minimum Gasteiger partial charge on any atom is -0.464 e. The van der Waals surface area contributed by atoms with Crippen molar-refractivity contribution in [1.29, 1.82) is 0 Å². The second kappa shape index (κ2) is 5.94. The summed E-state index contributed by atoms with van der Waals surface area (Å²) in [6.45, 7) is 2.92. The maximum Gasteiger partial charge on any atom is 0.117 e. The van der Waals surface area contributed by atoms with Crippen LogP contribution in [0.15, 0.2) is 45.7 Å². The van der Waals surface area contributed by atoms with Gasteiger partial charge < -0.3 is 9.73 Å². The van der Waals surface area contributed by atoms with Crippen molar-refractivity contribution in [2.75, 3.05) is 7.05 Å². The van der Waals surface area contributed by atoms with Crippen molar-refractivity contribution in [1.82, 2.24) is 5.32 Å². The van der Waals surface area contributed by atoms with Gasteiger partial charge in [-0.1, -0.05) is 18.2 Å². The lowest BCUT2D eigenvalue weighted by Crippen LogP contribution is -2.03. The average molecular weight is 247 g/mol. The number of nitrogens with one attached hydrogen (secondary N) is 1. The molecule has 17 heavy (non-hydrogen) atoms. The molecule has 0 aliphatic rings. The molecule has 2 nitrogen and oxygen atoms in total. The predicted molar refractivity (Wildman–Crippen MR) is 72.2 cm³/mol. The minimum atomic E-state index is 0.787. The van der Waals surface area contributed by atoms with E-state index in [4.69, 9.17) is 4.42 Å². The third-order valence-corrected chi connectivity index (χ3v) is 3.73. The quantitative estimate of drug-likeness (QED) is 0.817. The molecule has 0 unspecified atom stereocenters. The van der Waals surface area contributed by atoms with Gasteiger partial charge in [-0.25, -0.2) is 0 Å². The Bertz CT molecular complexity index is 479. The predicted octanol–water partition coefficient (Wildman–Crippen LogP) is 3.60. The van der Waals surface area contributed by atoms with E-state index in [1.54, 1.807) is 0 Å². The average Bonchev–Trinajstić information content (AvgIpc) is 2.76. The maximum atomic E-state index is 5.70. The van der Waals surface area contributed by atoms with Crippen LogP contribution < -0.4 is 5.32 Å². The molecule has 0 saturated carbocycles. The van der Waals surface area contributed by atoms with Gasteiger partial charge in [0.15, 0.2) is 0 Å². The number of hydrogen-bond donors (Lipinski definition) is 1. The van der Waals surface area contributed by atoms with Crippen molar-refractivity contribution in [3.63, 3.8) is 0 Å². The minimum absolute atomic E-state index is 0.787. The number of hydrogen-bond acceptors (Lipinski definition) is 3. The van der Waals surface area contributed by atoms with E-state index in [1.807, 2.05) is 24.9 Å². The summed E-state index contributed by atoms with van der Waals surface area (Å²) in [5, 5.41) is 3.08. The van der Waals surface area contributed by atoms with Gasteiger partial charge in [-0.2, -0.15) is 0 Å². The van der Waals surface area contributed by atoms with Gasteiger partial charge in [-0.3, -0.25) is 0 Å². The summed E-state index contributed by atoms with van der Waals surface area (Å²) in [6, 6.07) is 12.5. The normalized spacial score (nSPS) is 10.7. The van der Waals surface area contributed by atoms with Crippen LogP contribution in [0.2, 0.25) is 0 Å². The Morgan fingerprint density at radius 3 is 2.65 bits per heavy atom. The van der Waals surface area contributed by atoms with Crippen LogP contribution in [0.5, 0.6) is 0 Å². The summed E-state index contributed by atoms with van der Waals surface area (Å²) >= 11 is 1.82. The zero-order valence-electron chi connectivity index (χ0n) is 10.2. The molecule has 0 saturated heterocycles. The van der Waals surface area contributed by atoms with E-state index in [-0.39, 0.29) is 0 Å². The van der Waals surface area contributed by atoms with Crippen LogP contribution >= 0.6 is 11.8 Å². The second-order valence-corrected chi connectivity index (χ2v) is 4.97. The van der Waals surface area contributed by atoms with Crippen LogP contribution in [0.4, 0.5) is 0 Å². The fourth-order valence-corrected chi connectivity index (χ4v) is 2.56. The van der Waals surface area contributed by atoms with Crippen LogP contribution in [0.3, 0.4) is 0 Å². The Morgan fingerprint density at radius 2 is 1.88 bits per heavy atom. The van der Waals surface area contributed by atoms with E-state index < -0.39 is 0 Å². The van der Waals surface area contributed by atoms with Gasteiger partial charge in [0.2, 0.25) is 0 Å². The highest BCUT2D eigenvalue weighted by Gasteiger charge is 2.03. The van der Waals surface area contributed by atoms with E-state index in [1.165, 1.54) is 10.5 Å². The van der Waals surface area contributed by atoms with Gasteiger partial charge in [0.1, 0.15) is 11.5 Å². The molecule has 1 N–H and O–H groups in total. The first kappa shape index (κ1) is 12.3. The molecule has 1 heterocycles. The summed E-state index contributed by atoms with van der Waals surface area (Å²) in [7, 11) is 1.92. The van der Waals surface area contributed by atoms with Crippen LogP contribution in [-0.4, -0.2) is 7.05 Å². The van der Waals surface area contributed by atoms with Crippen LogP contribution in [0, 0.1) is 6.92 Å². The summed E-state index contributed by atoms with van der Waals surface area (Å²) in [4.78, 5) is 1.32. The van der Waals surface area contributed by atoms with Crippen molar-refractivity contribution < 1.29 is 4.42 Å². The van der Waals surface area contributed by atoms with Gasteiger partial charge in [0.25, 0.3) is 0 Å². The van der Waals surface area contributed by atoms with Crippen molar-refractivity contribution in [2.45, 2.75) is 24.1 Å². The zero-order chi connectivity index (χ0) is 12.1. The van der Waals surface area contributed by atoms with Gasteiger partial charge in [-0.05, 0) is 37.7 Å². The van der Waals surface area contributed by atoms with Crippen molar-refractivity contribution >= 4 is 11.8 Å². The van der Waals surface area contributed by atoms with Crippen LogP contribution in [0.25, 0.3) is 0 Å². The Balaban J connectivity index is 1.95. The fourth-order valence-electron chi connectivity index (χ4n) is 1.64. The molecular formula is C14H17NOS. The Labute approximate surface area is 106 Å². The Morgan fingerprint density at radius 1 is 1.12 bits per heavy atom. The van der Waals surface area contributed by atoms with Crippen molar-refractivity contribution in [2.24, 2.45) is 0 Å². The third-order valence-electron chi connectivity index (χ3n) is 2.53. The zero-order valence-corrected chi connectivity index (χ0v) is 11.0. The van der Waals surface area contributed by atoms with E-state index in [0.29, 0.717) is 0 Å². The molecule has 2 aromatic rings. The summed E-state index contributed by atoms with van der Waals surface area (Å²) in [5.41, 5.74) is 1.32. The maximum absolute atomic E-state index is 5.70. The van der Waals surface area contributed by atoms with Crippen LogP contribution in [-0.2, 0) is 12.3 Å². The SMILES string of the molecule is CNCc1ccc(CSc2ccccc2C)o1. The van der Waals surface area contributed by atoms with Gasteiger partial charge in [-0.15, -0.1) is 11.8 Å². The Kier molecular flexibility index (Phi) is 4.29. The highest BCUT2D eigenvalue weighted by atomic mass is 32.2. The molecule has 2 rings (SSSR count). The number of rotatable bonds is 5. The first-order valence-electron chi connectivity index (χ1n) is 5.70. The van der Waals surface area contributed by atoms with E-state index >= 15 is 0 Å². The topological polar surface area (TPSA) is 25.2 Å². The standard InChI is InChI=1S/C14H17NOS/c1-11-5-3-4-6-14(11)17-10-13-8-7-12(16-13)9-15-2/h3-8,15H,9-10H2,1-2H3. The summed E-state index contributed by atoms with van der Waals surface area (Å²) in [6.07, 6.45) is 0. The second-order valence-electron chi connectivity index (χ2n) is 3.95. The molecule has 1 aromatic heterocycles. The first-order chi connectivity index (χ1) is 8.29. The summed E-state index contributed by atoms with van der Waals surface area (Å²) in [5.74, 6) is 2.91. The molecule has 1 aromatic carbocycles. The molecule has 0 aliphatic heterocycles. The third kappa shape index (κ3) is 3.38. The molecular weight excluding hydrogens is 230 g/mol. The smallest absolute Gasteiger partial charge is 0.117 e. The lowest BCUT2D eigenvalue weighted by atomic mass is 10.2. The van der Waals surface area contributed by atoms with E-state index in [0.717, 1.165) is 23.8 Å². The lowest BCUT2D eigenvalue weighted by Gasteiger charge is -2.03. The highest BCUT2D eigenvalue weighted by Crippen LogP contribution is 2.26. The van der Waals surface area contributed by atoms with E-state index in [2.05, 4.69) is 42.6 Å². The number of thioether (sulfide) groups is 1. The van der Waals surface area contributed by atoms with Crippen molar-refractivity contribution in [3.05, 3.63) is 53.5 Å². The van der Waals surface area contributed by atoms with Gasteiger partial charge >= 0.3 is 0 Å². The van der Waals surface area contributed by atoms with Gasteiger partial charge in [0, 0.05) is 4.90 Å².